The van der Waals surface area contributed by atoms with E-state index in [-0.39, 0.29) is 10.8 Å². The summed E-state index contributed by atoms with van der Waals surface area (Å²) in [5, 5.41) is 0. The molecule has 4 nitrogen and oxygen atoms in total. The largest absolute Gasteiger partial charge is 0.343 e. The fraction of sp³-hybridized carbons (Fsp3) is 0.462. The highest BCUT2D eigenvalue weighted by molar-refractivity contribution is 8.13. The molecule has 1 amide bonds. The molecule has 0 aliphatic rings. The van der Waals surface area contributed by atoms with Crippen LogP contribution in [-0.4, -0.2) is 32.3 Å². The summed E-state index contributed by atoms with van der Waals surface area (Å²) in [5.41, 5.74) is 0.921. The third-order valence-corrected chi connectivity index (χ3v) is 4.32. The highest BCUT2D eigenvalue weighted by Gasteiger charge is 2.11. The predicted octanol–water partition coefficient (Wildman–Crippen LogP) is 2.42. The van der Waals surface area contributed by atoms with Crippen LogP contribution in [0.5, 0.6) is 0 Å². The number of benzene rings is 1. The van der Waals surface area contributed by atoms with Gasteiger partial charge in [0.05, 0.1) is 4.90 Å². The maximum atomic E-state index is 11.8. The molecule has 0 atom stereocenters. The Balaban J connectivity index is 2.62. The quantitative estimate of drug-likeness (QED) is 0.758. The maximum Gasteiger partial charge on any atom is 0.261 e. The monoisotopic (exact) mass is 303 g/mol. The second kappa shape index (κ2) is 6.91. The van der Waals surface area contributed by atoms with Gasteiger partial charge in [0.2, 0.25) is 5.91 Å². The van der Waals surface area contributed by atoms with Crippen LogP contribution in [0, 0.1) is 0 Å². The van der Waals surface area contributed by atoms with Gasteiger partial charge in [0, 0.05) is 30.2 Å². The lowest BCUT2D eigenvalue weighted by Gasteiger charge is -2.18. The normalized spacial score (nSPS) is 11.3. The standard InChI is InChI=1S/C13H18ClNO3S/c1-3-15(4-2)13(16)10-7-11-5-8-12(9-6-11)19(14,17)18/h5-6,8-9H,3-4,7,10H2,1-2H3. The molecule has 1 aromatic carbocycles. The van der Waals surface area contributed by atoms with E-state index in [2.05, 4.69) is 0 Å². The third kappa shape index (κ3) is 4.84. The zero-order valence-corrected chi connectivity index (χ0v) is 12.7. The average molecular weight is 304 g/mol. The number of hydrogen-bond donors (Lipinski definition) is 0. The van der Waals surface area contributed by atoms with Gasteiger partial charge in [-0.3, -0.25) is 4.79 Å². The number of nitrogens with zero attached hydrogens (tertiary/aromatic N) is 1. The van der Waals surface area contributed by atoms with Crippen molar-refractivity contribution in [2.24, 2.45) is 0 Å². The number of hydrogen-bond acceptors (Lipinski definition) is 3. The zero-order valence-electron chi connectivity index (χ0n) is 11.1. The number of carbonyl (C=O) groups excluding carboxylic acids is 1. The first-order valence-corrected chi connectivity index (χ1v) is 8.50. The van der Waals surface area contributed by atoms with Crippen LogP contribution in [0.2, 0.25) is 0 Å². The summed E-state index contributed by atoms with van der Waals surface area (Å²) in [6.07, 6.45) is 1.02. The van der Waals surface area contributed by atoms with Gasteiger partial charge in [0.15, 0.2) is 0 Å². The van der Waals surface area contributed by atoms with Gasteiger partial charge in [-0.2, -0.15) is 0 Å². The summed E-state index contributed by atoms with van der Waals surface area (Å²) in [6.45, 7) is 5.31. The summed E-state index contributed by atoms with van der Waals surface area (Å²) >= 11 is 0. The van der Waals surface area contributed by atoms with Crippen LogP contribution in [0.3, 0.4) is 0 Å². The fourth-order valence-corrected chi connectivity index (χ4v) is 2.57. The predicted molar refractivity (Wildman–Crippen MR) is 75.7 cm³/mol. The first-order chi connectivity index (χ1) is 8.88. The van der Waals surface area contributed by atoms with Crippen molar-refractivity contribution in [3.05, 3.63) is 29.8 Å². The van der Waals surface area contributed by atoms with E-state index in [9.17, 15) is 13.2 Å². The van der Waals surface area contributed by atoms with Gasteiger partial charge >= 0.3 is 0 Å². The molecule has 0 heterocycles. The lowest BCUT2D eigenvalue weighted by atomic mass is 10.1. The van der Waals surface area contributed by atoms with Gasteiger partial charge in [-0.1, -0.05) is 12.1 Å². The lowest BCUT2D eigenvalue weighted by Crippen LogP contribution is -2.30. The van der Waals surface area contributed by atoms with Crippen LogP contribution in [0.1, 0.15) is 25.8 Å². The van der Waals surface area contributed by atoms with Crippen molar-refractivity contribution >= 4 is 25.6 Å². The van der Waals surface area contributed by atoms with E-state index in [1.54, 1.807) is 17.0 Å². The Kier molecular flexibility index (Phi) is 5.82. The van der Waals surface area contributed by atoms with E-state index in [4.69, 9.17) is 10.7 Å². The van der Waals surface area contributed by atoms with E-state index in [0.29, 0.717) is 25.9 Å². The minimum absolute atomic E-state index is 0.0768. The summed E-state index contributed by atoms with van der Waals surface area (Å²) in [6, 6.07) is 6.29. The van der Waals surface area contributed by atoms with Crippen molar-refractivity contribution in [2.75, 3.05) is 13.1 Å². The molecule has 0 radical (unpaired) electrons. The molecular weight excluding hydrogens is 286 g/mol. The number of rotatable bonds is 6. The second-order valence-electron chi connectivity index (χ2n) is 4.15. The van der Waals surface area contributed by atoms with E-state index in [1.165, 1.54) is 12.1 Å². The molecule has 0 unspecified atom stereocenters. The van der Waals surface area contributed by atoms with Crippen LogP contribution in [-0.2, 0) is 20.3 Å². The molecule has 0 aromatic heterocycles. The van der Waals surface area contributed by atoms with Gasteiger partial charge in [-0.15, -0.1) is 0 Å². The first-order valence-electron chi connectivity index (χ1n) is 6.19. The molecule has 0 saturated heterocycles. The van der Waals surface area contributed by atoms with Crippen LogP contribution in [0.25, 0.3) is 0 Å². The summed E-state index contributed by atoms with van der Waals surface area (Å²) < 4.78 is 22.2. The minimum Gasteiger partial charge on any atom is -0.343 e. The Hall–Kier alpha value is -1.07. The molecule has 6 heteroatoms. The Morgan fingerprint density at radius 3 is 2.11 bits per heavy atom. The van der Waals surface area contributed by atoms with Gasteiger partial charge < -0.3 is 4.90 Å². The van der Waals surface area contributed by atoms with Crippen LogP contribution in [0.15, 0.2) is 29.2 Å². The van der Waals surface area contributed by atoms with E-state index < -0.39 is 9.05 Å². The van der Waals surface area contributed by atoms with E-state index in [0.717, 1.165) is 5.56 Å². The molecule has 1 rings (SSSR count). The van der Waals surface area contributed by atoms with Crippen molar-refractivity contribution in [3.8, 4) is 0 Å². The highest BCUT2D eigenvalue weighted by atomic mass is 35.7. The summed E-state index contributed by atoms with van der Waals surface area (Å²) in [4.78, 5) is 13.7. The molecule has 0 bridgehead atoms. The van der Waals surface area contributed by atoms with Crippen molar-refractivity contribution in [3.63, 3.8) is 0 Å². The lowest BCUT2D eigenvalue weighted by molar-refractivity contribution is -0.130. The third-order valence-electron chi connectivity index (χ3n) is 2.95. The zero-order chi connectivity index (χ0) is 14.5. The van der Waals surface area contributed by atoms with E-state index >= 15 is 0 Å². The van der Waals surface area contributed by atoms with Gasteiger partial charge in [-0.05, 0) is 38.0 Å². The summed E-state index contributed by atoms with van der Waals surface area (Å²) in [5.74, 6) is 0.110. The Morgan fingerprint density at radius 1 is 1.16 bits per heavy atom. The molecule has 0 aliphatic carbocycles. The highest BCUT2D eigenvalue weighted by Crippen LogP contribution is 2.16. The van der Waals surface area contributed by atoms with Crippen molar-refractivity contribution in [1.82, 2.24) is 4.90 Å². The smallest absolute Gasteiger partial charge is 0.261 e. The Morgan fingerprint density at radius 2 is 1.68 bits per heavy atom. The number of halogens is 1. The molecule has 0 N–H and O–H groups in total. The molecule has 0 aliphatic heterocycles. The first kappa shape index (κ1) is 16.0. The fourth-order valence-electron chi connectivity index (χ4n) is 1.80. The molecule has 1 aromatic rings. The van der Waals surface area contributed by atoms with Crippen molar-refractivity contribution in [2.45, 2.75) is 31.6 Å². The topological polar surface area (TPSA) is 54.5 Å². The van der Waals surface area contributed by atoms with Crippen molar-refractivity contribution < 1.29 is 13.2 Å². The maximum absolute atomic E-state index is 11.8. The Labute approximate surface area is 118 Å². The van der Waals surface area contributed by atoms with E-state index in [1.807, 2.05) is 13.8 Å². The van der Waals surface area contributed by atoms with Gasteiger partial charge in [-0.25, -0.2) is 8.42 Å². The molecule has 19 heavy (non-hydrogen) atoms. The molecule has 106 valence electrons. The van der Waals surface area contributed by atoms with Crippen LogP contribution in [0.4, 0.5) is 0 Å². The van der Waals surface area contributed by atoms with Gasteiger partial charge in [0.1, 0.15) is 0 Å². The molecule has 0 spiro atoms. The summed E-state index contributed by atoms with van der Waals surface area (Å²) in [7, 11) is 1.55. The van der Waals surface area contributed by atoms with Crippen LogP contribution >= 0.6 is 10.7 Å². The second-order valence-corrected chi connectivity index (χ2v) is 6.71. The average Bonchev–Trinajstić information content (AvgIpc) is 2.37. The van der Waals surface area contributed by atoms with Crippen LogP contribution < -0.4 is 0 Å². The van der Waals surface area contributed by atoms with Gasteiger partial charge in [0.25, 0.3) is 9.05 Å². The number of carbonyl (C=O) groups is 1. The molecule has 0 fully saturated rings. The minimum atomic E-state index is -3.68. The van der Waals surface area contributed by atoms with Crippen molar-refractivity contribution in [1.29, 1.82) is 0 Å². The SMILES string of the molecule is CCN(CC)C(=O)CCc1ccc(S(=O)(=O)Cl)cc1. The Bertz CT molecular complexity index is 521. The molecular formula is C13H18ClNO3S. The number of amides is 1. The number of aryl methyl sites for hydroxylation is 1. The molecule has 0 saturated carbocycles.